The third-order valence-corrected chi connectivity index (χ3v) is 4.60. The number of rotatable bonds is 7. The topological polar surface area (TPSA) is 80.0 Å². The minimum Gasteiger partial charge on any atom is -0.479 e. The van der Waals surface area contributed by atoms with Gasteiger partial charge >= 0.3 is 5.97 Å². The number of hydrogen-bond acceptors (Lipinski definition) is 4. The maximum absolute atomic E-state index is 12.9. The number of carboxylic acid groups (broad SMARTS) is 1. The molecule has 0 radical (unpaired) electrons. The zero-order valence-electron chi connectivity index (χ0n) is 14.8. The molecule has 0 saturated carbocycles. The molecule has 0 bridgehead atoms. The third kappa shape index (κ3) is 4.52. The maximum atomic E-state index is 12.9. The van der Waals surface area contributed by atoms with E-state index < -0.39 is 18.2 Å². The fourth-order valence-corrected chi connectivity index (χ4v) is 3.08. The van der Waals surface area contributed by atoms with Crippen LogP contribution < -0.4 is 0 Å². The fourth-order valence-electron chi connectivity index (χ4n) is 3.08. The van der Waals surface area contributed by atoms with Gasteiger partial charge in [0.15, 0.2) is 6.10 Å². The van der Waals surface area contributed by atoms with Gasteiger partial charge in [-0.1, -0.05) is 29.8 Å². The second-order valence-corrected chi connectivity index (χ2v) is 6.60. The van der Waals surface area contributed by atoms with Crippen LogP contribution in [0.25, 0.3) is 0 Å². The Kier molecular flexibility index (Phi) is 5.73. The molecule has 1 fully saturated rings. The van der Waals surface area contributed by atoms with Crippen molar-refractivity contribution in [3.63, 3.8) is 0 Å². The Bertz CT molecular complexity index is 738. The van der Waals surface area contributed by atoms with Crippen LogP contribution in [0, 0.1) is 6.92 Å². The van der Waals surface area contributed by atoms with E-state index in [9.17, 15) is 9.59 Å². The average molecular weight is 357 g/mol. The molecule has 1 saturated heterocycles. The van der Waals surface area contributed by atoms with Gasteiger partial charge in [-0.3, -0.25) is 4.79 Å². The van der Waals surface area contributed by atoms with Crippen molar-refractivity contribution in [3.05, 3.63) is 59.5 Å². The molecule has 6 heteroatoms. The summed E-state index contributed by atoms with van der Waals surface area (Å²) in [5.41, 5.74) is 2.33. The van der Waals surface area contributed by atoms with E-state index in [2.05, 4.69) is 12.1 Å². The van der Waals surface area contributed by atoms with Crippen molar-refractivity contribution in [2.45, 2.75) is 44.9 Å². The van der Waals surface area contributed by atoms with Gasteiger partial charge in [-0.15, -0.1) is 0 Å². The predicted molar refractivity (Wildman–Crippen MR) is 94.5 cm³/mol. The fraction of sp³-hybridized carbons (Fsp3) is 0.400. The standard InChI is InChI=1S/C20H23NO5/c1-14-4-6-15(7-5-14)10-11-21(13-16-3-2-12-25-16)19(22)17-8-9-18(26-17)20(23)24/h2-7,12,17-18H,8-11,13H2,1H3,(H,23,24)/t17-,18+/m0/s1. The highest BCUT2D eigenvalue weighted by molar-refractivity contribution is 5.82. The molecule has 0 spiro atoms. The minimum atomic E-state index is -1.02. The molecule has 2 atom stereocenters. The predicted octanol–water partition coefficient (Wildman–Crippen LogP) is 2.79. The van der Waals surface area contributed by atoms with E-state index in [4.69, 9.17) is 14.3 Å². The largest absolute Gasteiger partial charge is 0.479 e. The summed E-state index contributed by atoms with van der Waals surface area (Å²) in [5.74, 6) is -0.509. The molecule has 1 aromatic carbocycles. The van der Waals surface area contributed by atoms with Gasteiger partial charge in [0, 0.05) is 6.54 Å². The van der Waals surface area contributed by atoms with Gasteiger partial charge in [0.2, 0.25) is 0 Å². The zero-order chi connectivity index (χ0) is 18.5. The van der Waals surface area contributed by atoms with E-state index in [0.717, 1.165) is 5.56 Å². The van der Waals surface area contributed by atoms with E-state index in [1.807, 2.05) is 25.1 Å². The van der Waals surface area contributed by atoms with Crippen LogP contribution in [0.3, 0.4) is 0 Å². The molecule has 138 valence electrons. The van der Waals surface area contributed by atoms with Crippen LogP contribution in [0.4, 0.5) is 0 Å². The second kappa shape index (κ2) is 8.19. The lowest BCUT2D eigenvalue weighted by molar-refractivity contribution is -0.155. The van der Waals surface area contributed by atoms with E-state index >= 15 is 0 Å². The highest BCUT2D eigenvalue weighted by atomic mass is 16.5. The molecule has 0 aliphatic carbocycles. The van der Waals surface area contributed by atoms with Crippen LogP contribution in [0.1, 0.15) is 29.7 Å². The van der Waals surface area contributed by atoms with Crippen molar-refractivity contribution in [2.75, 3.05) is 6.54 Å². The summed E-state index contributed by atoms with van der Waals surface area (Å²) in [6, 6.07) is 11.8. The number of aryl methyl sites for hydroxylation is 1. The number of ether oxygens (including phenoxy) is 1. The SMILES string of the molecule is Cc1ccc(CCN(Cc2ccco2)C(=O)[C@@H]2CC[C@H](C(=O)O)O2)cc1. The van der Waals surface area contributed by atoms with Crippen LogP contribution in [0.5, 0.6) is 0 Å². The molecule has 2 aromatic rings. The minimum absolute atomic E-state index is 0.183. The molecule has 1 aliphatic rings. The first kappa shape index (κ1) is 18.2. The number of benzene rings is 1. The van der Waals surface area contributed by atoms with Crippen molar-refractivity contribution in [1.82, 2.24) is 4.90 Å². The number of carbonyl (C=O) groups is 2. The number of aliphatic carboxylic acids is 1. The van der Waals surface area contributed by atoms with Gasteiger partial charge in [-0.2, -0.15) is 0 Å². The first-order chi connectivity index (χ1) is 12.5. The number of hydrogen-bond donors (Lipinski definition) is 1. The van der Waals surface area contributed by atoms with Crippen molar-refractivity contribution in [1.29, 1.82) is 0 Å². The average Bonchev–Trinajstić information content (AvgIpc) is 3.31. The van der Waals surface area contributed by atoms with E-state index in [1.165, 1.54) is 5.56 Å². The van der Waals surface area contributed by atoms with Gasteiger partial charge in [0.1, 0.15) is 11.9 Å². The van der Waals surface area contributed by atoms with E-state index in [0.29, 0.717) is 38.1 Å². The number of furan rings is 1. The quantitative estimate of drug-likeness (QED) is 0.824. The van der Waals surface area contributed by atoms with E-state index in [-0.39, 0.29) is 5.91 Å². The van der Waals surface area contributed by atoms with Gasteiger partial charge in [-0.05, 0) is 43.9 Å². The molecule has 1 aromatic heterocycles. The summed E-state index contributed by atoms with van der Waals surface area (Å²) in [6.07, 6.45) is 1.47. The summed E-state index contributed by atoms with van der Waals surface area (Å²) in [5, 5.41) is 9.07. The summed E-state index contributed by atoms with van der Waals surface area (Å²) in [7, 11) is 0. The monoisotopic (exact) mass is 357 g/mol. The molecule has 3 rings (SSSR count). The lowest BCUT2D eigenvalue weighted by atomic mass is 10.1. The lowest BCUT2D eigenvalue weighted by Crippen LogP contribution is -2.40. The van der Waals surface area contributed by atoms with Gasteiger partial charge in [0.25, 0.3) is 5.91 Å². The Morgan fingerprint density at radius 3 is 2.50 bits per heavy atom. The van der Waals surface area contributed by atoms with Crippen molar-refractivity contribution < 1.29 is 23.8 Å². The Hall–Kier alpha value is -2.60. The number of amides is 1. The van der Waals surface area contributed by atoms with Crippen LogP contribution in [0.15, 0.2) is 47.1 Å². The van der Waals surface area contributed by atoms with Crippen LogP contribution in [-0.4, -0.2) is 40.6 Å². The summed E-state index contributed by atoms with van der Waals surface area (Å²) in [6.45, 7) is 2.89. The van der Waals surface area contributed by atoms with Gasteiger partial charge in [-0.25, -0.2) is 4.79 Å². The molecular formula is C20H23NO5. The maximum Gasteiger partial charge on any atom is 0.332 e. The number of carbonyl (C=O) groups excluding carboxylic acids is 1. The first-order valence-corrected chi connectivity index (χ1v) is 8.78. The molecule has 1 amide bonds. The third-order valence-electron chi connectivity index (χ3n) is 4.60. The van der Waals surface area contributed by atoms with Crippen molar-refractivity contribution >= 4 is 11.9 Å². The Morgan fingerprint density at radius 2 is 1.88 bits per heavy atom. The summed E-state index contributed by atoms with van der Waals surface area (Å²) in [4.78, 5) is 25.6. The van der Waals surface area contributed by atoms with Crippen molar-refractivity contribution in [2.24, 2.45) is 0 Å². The van der Waals surface area contributed by atoms with E-state index in [1.54, 1.807) is 17.2 Å². The lowest BCUT2D eigenvalue weighted by Gasteiger charge is -2.25. The van der Waals surface area contributed by atoms with Crippen LogP contribution >= 0.6 is 0 Å². The van der Waals surface area contributed by atoms with Crippen LogP contribution in [-0.2, 0) is 27.3 Å². The highest BCUT2D eigenvalue weighted by Gasteiger charge is 2.36. The Labute approximate surface area is 152 Å². The molecular weight excluding hydrogens is 334 g/mol. The normalized spacial score (nSPS) is 19.4. The zero-order valence-corrected chi connectivity index (χ0v) is 14.8. The molecule has 2 heterocycles. The molecule has 1 aliphatic heterocycles. The molecule has 1 N–H and O–H groups in total. The second-order valence-electron chi connectivity index (χ2n) is 6.60. The highest BCUT2D eigenvalue weighted by Crippen LogP contribution is 2.23. The van der Waals surface area contributed by atoms with Gasteiger partial charge < -0.3 is 19.2 Å². The Balaban J connectivity index is 1.67. The molecule has 6 nitrogen and oxygen atoms in total. The Morgan fingerprint density at radius 1 is 1.15 bits per heavy atom. The molecule has 26 heavy (non-hydrogen) atoms. The summed E-state index contributed by atoms with van der Waals surface area (Å²) < 4.78 is 10.8. The number of carboxylic acids is 1. The van der Waals surface area contributed by atoms with Crippen molar-refractivity contribution in [3.8, 4) is 0 Å². The smallest absolute Gasteiger partial charge is 0.332 e. The van der Waals surface area contributed by atoms with Crippen LogP contribution in [0.2, 0.25) is 0 Å². The summed E-state index contributed by atoms with van der Waals surface area (Å²) >= 11 is 0. The van der Waals surface area contributed by atoms with Gasteiger partial charge in [0.05, 0.1) is 12.8 Å². The number of nitrogens with zero attached hydrogens (tertiary/aromatic N) is 1. The molecule has 0 unspecified atom stereocenters. The first-order valence-electron chi connectivity index (χ1n) is 8.78.